The van der Waals surface area contributed by atoms with E-state index in [2.05, 4.69) is 36.1 Å². The number of halogens is 7. The number of ether oxygens (including phenoxy) is 1. The second-order valence-corrected chi connectivity index (χ2v) is 11.6. The summed E-state index contributed by atoms with van der Waals surface area (Å²) in [6, 6.07) is 7.43. The van der Waals surface area contributed by atoms with Gasteiger partial charge >= 0.3 is 18.5 Å². The Kier molecular flexibility index (Phi) is 10.3. The molecular weight excluding hydrogens is 662 g/mol. The molecule has 0 amide bonds. The van der Waals surface area contributed by atoms with Crippen LogP contribution in [-0.2, 0) is 31.1 Å². The minimum Gasteiger partial charge on any atom is -0.481 e. The lowest BCUT2D eigenvalue weighted by molar-refractivity contribution is -0.274. The Morgan fingerprint density at radius 3 is 2.32 bits per heavy atom. The highest BCUT2D eigenvalue weighted by molar-refractivity contribution is 9.10. The maximum atomic E-state index is 13.6. The van der Waals surface area contributed by atoms with Gasteiger partial charge in [-0.05, 0) is 91.3 Å². The van der Waals surface area contributed by atoms with Gasteiger partial charge in [0.15, 0.2) is 0 Å². The van der Waals surface area contributed by atoms with E-state index in [1.54, 1.807) is 0 Å². The molecule has 0 radical (unpaired) electrons. The van der Waals surface area contributed by atoms with Crippen molar-refractivity contribution in [3.05, 3.63) is 57.6 Å². The van der Waals surface area contributed by atoms with Gasteiger partial charge in [0.1, 0.15) is 5.75 Å². The van der Waals surface area contributed by atoms with Gasteiger partial charge in [-0.3, -0.25) is 4.79 Å². The first-order valence-electron chi connectivity index (χ1n) is 13.8. The van der Waals surface area contributed by atoms with Crippen molar-refractivity contribution in [3.63, 3.8) is 0 Å². The fourth-order valence-electron chi connectivity index (χ4n) is 5.42. The zero-order valence-corrected chi connectivity index (χ0v) is 25.5. The summed E-state index contributed by atoms with van der Waals surface area (Å²) in [6.45, 7) is 2.72. The smallest absolute Gasteiger partial charge is 0.481 e. The van der Waals surface area contributed by atoms with E-state index >= 15 is 0 Å². The summed E-state index contributed by atoms with van der Waals surface area (Å²) < 4.78 is 84.6. The molecule has 1 aliphatic carbocycles. The summed E-state index contributed by atoms with van der Waals surface area (Å²) >= 11 is 3.13. The first-order valence-corrected chi connectivity index (χ1v) is 14.6. The number of rotatable bonds is 11. The summed E-state index contributed by atoms with van der Waals surface area (Å²) in [6.07, 6.45) is -7.07. The number of benzene rings is 2. The first kappa shape index (κ1) is 33.3. The molecule has 1 N–H and O–H groups in total. The molecule has 1 fully saturated rings. The van der Waals surface area contributed by atoms with Crippen LogP contribution in [0.2, 0.25) is 0 Å². The van der Waals surface area contributed by atoms with E-state index in [9.17, 15) is 36.2 Å². The van der Waals surface area contributed by atoms with Gasteiger partial charge in [0.2, 0.25) is 0 Å². The maximum absolute atomic E-state index is 13.6. The predicted octanol–water partition coefficient (Wildman–Crippen LogP) is 6.81. The van der Waals surface area contributed by atoms with Crippen molar-refractivity contribution in [2.24, 2.45) is 18.9 Å². The van der Waals surface area contributed by atoms with Crippen LogP contribution in [0.25, 0.3) is 0 Å². The Morgan fingerprint density at radius 1 is 1.05 bits per heavy atom. The number of aliphatic carboxylic acids is 1. The largest absolute Gasteiger partial charge is 0.573 e. The van der Waals surface area contributed by atoms with Crippen LogP contribution in [0, 0.1) is 11.8 Å². The maximum Gasteiger partial charge on any atom is 0.573 e. The molecule has 1 aliphatic rings. The minimum atomic E-state index is -4.94. The van der Waals surface area contributed by atoms with Gasteiger partial charge in [-0.15, -0.1) is 18.3 Å². The Morgan fingerprint density at radius 2 is 1.75 bits per heavy atom. The first-order chi connectivity index (χ1) is 20.6. The summed E-state index contributed by atoms with van der Waals surface area (Å²) in [5.74, 6) is -1.43. The number of hydrogen-bond donors (Lipinski definition) is 1. The summed E-state index contributed by atoms with van der Waals surface area (Å²) in [5.41, 5.74) is 0.378. The van der Waals surface area contributed by atoms with E-state index in [1.165, 1.54) is 41.0 Å². The van der Waals surface area contributed by atoms with Gasteiger partial charge in [-0.1, -0.05) is 21.0 Å². The number of anilines is 2. The lowest BCUT2D eigenvalue weighted by Crippen LogP contribution is -2.34. The molecule has 0 bridgehead atoms. The van der Waals surface area contributed by atoms with Crippen molar-refractivity contribution in [1.82, 2.24) is 20.2 Å². The Balaban J connectivity index is 1.69. The molecule has 1 heterocycles. The Bertz CT molecular complexity index is 1440. The van der Waals surface area contributed by atoms with Gasteiger partial charge < -0.3 is 19.6 Å². The van der Waals surface area contributed by atoms with Gasteiger partial charge in [0, 0.05) is 36.3 Å². The van der Waals surface area contributed by atoms with Gasteiger partial charge in [0.25, 0.3) is 5.95 Å². The number of carboxylic acids is 1. The normalized spacial score (nSPS) is 17.4. The lowest BCUT2D eigenvalue weighted by atomic mass is 9.81. The molecule has 0 unspecified atom stereocenters. The molecule has 0 saturated heterocycles. The number of carbonyl (C=O) groups is 1. The fourth-order valence-corrected chi connectivity index (χ4v) is 5.97. The summed E-state index contributed by atoms with van der Waals surface area (Å²) in [7, 11) is 1.51. The second kappa shape index (κ2) is 13.6. The van der Waals surface area contributed by atoms with Crippen molar-refractivity contribution >= 4 is 33.5 Å². The third-order valence-corrected chi connectivity index (χ3v) is 7.94. The SMILES string of the molecule is CCN(C[C@H]1CC[C@H](C(=O)O)CC1)c1ccc(OC(F)(F)F)cc1CN(Cc1cc(Br)cc(C(F)(F)F)c1)c1nnn(C)n1. The topological polar surface area (TPSA) is 96.6 Å². The quantitative estimate of drug-likeness (QED) is 0.219. The zero-order chi connectivity index (χ0) is 32.2. The van der Waals surface area contributed by atoms with Crippen LogP contribution < -0.4 is 14.5 Å². The standard InChI is InChI=1S/C28H31BrF6N6O3/c1-3-40(14-17-4-6-19(7-5-17)25(42)43)24-9-8-23(44-28(33,34)35)12-20(24)16-41(26-36-38-39(2)37-26)15-18-10-21(27(30,31)32)13-22(29)11-18/h8-13,17,19H,3-7,14-16H2,1-2H3,(H,42,43)/t17-,19-. The molecule has 0 atom stereocenters. The van der Waals surface area contributed by atoms with Crippen molar-refractivity contribution in [2.75, 3.05) is 22.9 Å². The van der Waals surface area contributed by atoms with E-state index in [0.717, 1.165) is 12.1 Å². The van der Waals surface area contributed by atoms with E-state index < -0.39 is 29.8 Å². The number of hydrogen-bond acceptors (Lipinski definition) is 7. The number of alkyl halides is 6. The number of aromatic nitrogens is 4. The molecule has 9 nitrogen and oxygen atoms in total. The summed E-state index contributed by atoms with van der Waals surface area (Å²) in [4.78, 5) is 16.1. The van der Waals surface area contributed by atoms with Crippen molar-refractivity contribution < 1.29 is 41.0 Å². The molecule has 240 valence electrons. The molecule has 4 rings (SSSR count). The highest BCUT2D eigenvalue weighted by atomic mass is 79.9. The van der Waals surface area contributed by atoms with Gasteiger partial charge in [0.05, 0.1) is 18.5 Å². The lowest BCUT2D eigenvalue weighted by Gasteiger charge is -2.34. The molecule has 1 saturated carbocycles. The zero-order valence-electron chi connectivity index (χ0n) is 23.9. The summed E-state index contributed by atoms with van der Waals surface area (Å²) in [5, 5.41) is 21.4. The molecule has 16 heteroatoms. The number of aryl methyl sites for hydroxylation is 1. The number of carboxylic acid groups (broad SMARTS) is 1. The molecule has 3 aromatic rings. The average molecular weight is 693 g/mol. The van der Waals surface area contributed by atoms with Gasteiger partial charge in [-0.2, -0.15) is 18.0 Å². The number of tetrazole rings is 1. The predicted molar refractivity (Wildman–Crippen MR) is 152 cm³/mol. The highest BCUT2D eigenvalue weighted by Gasteiger charge is 2.33. The monoisotopic (exact) mass is 692 g/mol. The van der Waals surface area contributed by atoms with Crippen LogP contribution >= 0.6 is 15.9 Å². The van der Waals surface area contributed by atoms with Crippen LogP contribution in [-0.4, -0.2) is 50.7 Å². The Hall–Kier alpha value is -3.56. The van der Waals surface area contributed by atoms with Gasteiger partial charge in [-0.25, -0.2) is 0 Å². The van der Waals surface area contributed by atoms with E-state index in [0.29, 0.717) is 50.0 Å². The van der Waals surface area contributed by atoms with Crippen LogP contribution in [0.1, 0.15) is 49.3 Å². The molecule has 44 heavy (non-hydrogen) atoms. The molecule has 1 aromatic heterocycles. The van der Waals surface area contributed by atoms with Crippen LogP contribution in [0.5, 0.6) is 5.75 Å². The van der Waals surface area contributed by atoms with E-state index in [1.807, 2.05) is 11.8 Å². The van der Waals surface area contributed by atoms with E-state index in [4.69, 9.17) is 0 Å². The third-order valence-electron chi connectivity index (χ3n) is 7.48. The average Bonchev–Trinajstić information content (AvgIpc) is 3.36. The molecular formula is C28H31BrF6N6O3. The highest BCUT2D eigenvalue weighted by Crippen LogP contribution is 2.36. The van der Waals surface area contributed by atoms with Crippen LogP contribution in [0.15, 0.2) is 40.9 Å². The van der Waals surface area contributed by atoms with Crippen LogP contribution in [0.3, 0.4) is 0 Å². The fraction of sp³-hybridized carbons (Fsp3) is 0.500. The molecule has 2 aromatic carbocycles. The molecule has 0 spiro atoms. The van der Waals surface area contributed by atoms with Crippen molar-refractivity contribution in [1.29, 1.82) is 0 Å². The van der Waals surface area contributed by atoms with Crippen molar-refractivity contribution in [3.8, 4) is 5.75 Å². The Labute approximate surface area is 257 Å². The molecule has 0 aliphatic heterocycles. The second-order valence-electron chi connectivity index (χ2n) is 10.7. The van der Waals surface area contributed by atoms with Crippen LogP contribution in [0.4, 0.5) is 38.0 Å². The van der Waals surface area contributed by atoms with Crippen molar-refractivity contribution in [2.45, 2.75) is 58.2 Å². The minimum absolute atomic E-state index is 0.0594. The third kappa shape index (κ3) is 8.99. The van der Waals surface area contributed by atoms with E-state index in [-0.39, 0.29) is 40.9 Å². The number of nitrogens with zero attached hydrogens (tertiary/aromatic N) is 6.